The molecule has 0 heterocycles. The lowest BCUT2D eigenvalue weighted by Crippen LogP contribution is -2.32. The van der Waals surface area contributed by atoms with E-state index < -0.39 is 0 Å². The first-order valence-electron chi connectivity index (χ1n) is 5.50. The van der Waals surface area contributed by atoms with Crippen molar-refractivity contribution in [2.24, 2.45) is 5.92 Å². The summed E-state index contributed by atoms with van der Waals surface area (Å²) in [6.45, 7) is 0.778. The highest BCUT2D eigenvalue weighted by atomic mass is 79.9. The fourth-order valence-electron chi connectivity index (χ4n) is 1.75. The maximum absolute atomic E-state index is 11.9. The number of hydrogen-bond donors (Lipinski definition) is 2. The zero-order chi connectivity index (χ0) is 11.5. The molecule has 1 aromatic rings. The molecule has 3 N–H and O–H groups in total. The fraction of sp³-hybridized carbons (Fsp3) is 0.417. The van der Waals surface area contributed by atoms with Crippen molar-refractivity contribution in [3.63, 3.8) is 0 Å². The van der Waals surface area contributed by atoms with Crippen LogP contribution >= 0.6 is 15.9 Å². The zero-order valence-corrected chi connectivity index (χ0v) is 10.6. The second-order valence-corrected chi connectivity index (χ2v) is 5.01. The van der Waals surface area contributed by atoms with E-state index in [4.69, 9.17) is 5.73 Å². The van der Waals surface area contributed by atoms with Gasteiger partial charge in [-0.2, -0.15) is 0 Å². The number of nitrogens with two attached hydrogens (primary N) is 1. The average Bonchev–Trinajstić information content (AvgIpc) is 2.19. The van der Waals surface area contributed by atoms with E-state index in [9.17, 15) is 4.79 Å². The molecule has 0 spiro atoms. The van der Waals surface area contributed by atoms with E-state index in [0.717, 1.165) is 6.54 Å². The number of rotatable bonds is 3. The van der Waals surface area contributed by atoms with Gasteiger partial charge in [0.2, 0.25) is 0 Å². The SMILES string of the molecule is Nc1cccc(C(=O)NCC2CCC2)c1Br. The van der Waals surface area contributed by atoms with Crippen LogP contribution in [0.25, 0.3) is 0 Å². The highest BCUT2D eigenvalue weighted by Gasteiger charge is 2.19. The van der Waals surface area contributed by atoms with Gasteiger partial charge in [0.25, 0.3) is 5.91 Å². The van der Waals surface area contributed by atoms with Crippen molar-refractivity contribution in [1.82, 2.24) is 5.32 Å². The van der Waals surface area contributed by atoms with Gasteiger partial charge in [0.15, 0.2) is 0 Å². The Labute approximate surface area is 104 Å². The van der Waals surface area contributed by atoms with Crippen LogP contribution in [-0.2, 0) is 0 Å². The molecule has 0 aliphatic heterocycles. The van der Waals surface area contributed by atoms with E-state index in [2.05, 4.69) is 21.2 Å². The molecule has 16 heavy (non-hydrogen) atoms. The Balaban J connectivity index is 1.99. The van der Waals surface area contributed by atoms with Crippen LogP contribution in [0.3, 0.4) is 0 Å². The highest BCUT2D eigenvalue weighted by Crippen LogP contribution is 2.26. The van der Waals surface area contributed by atoms with Crippen molar-refractivity contribution < 1.29 is 4.79 Å². The Morgan fingerprint density at radius 3 is 2.88 bits per heavy atom. The van der Waals surface area contributed by atoms with E-state index in [1.807, 2.05) is 0 Å². The lowest BCUT2D eigenvalue weighted by molar-refractivity contribution is 0.0938. The zero-order valence-electron chi connectivity index (χ0n) is 9.00. The molecule has 0 unspecified atom stereocenters. The van der Waals surface area contributed by atoms with Crippen LogP contribution in [-0.4, -0.2) is 12.5 Å². The molecular formula is C12H15BrN2O. The molecular weight excluding hydrogens is 268 g/mol. The van der Waals surface area contributed by atoms with Gasteiger partial charge in [-0.15, -0.1) is 0 Å². The van der Waals surface area contributed by atoms with Crippen molar-refractivity contribution >= 4 is 27.5 Å². The minimum absolute atomic E-state index is 0.0499. The third-order valence-corrected chi connectivity index (χ3v) is 3.93. The van der Waals surface area contributed by atoms with Crippen LogP contribution in [0.1, 0.15) is 29.6 Å². The number of carbonyl (C=O) groups is 1. The standard InChI is InChI=1S/C12H15BrN2O/c13-11-9(5-2-6-10(11)14)12(16)15-7-8-3-1-4-8/h2,5-6,8H,1,3-4,7,14H2,(H,15,16). The summed E-state index contributed by atoms with van der Waals surface area (Å²) in [6, 6.07) is 5.34. The molecule has 2 rings (SSSR count). The molecule has 0 radical (unpaired) electrons. The van der Waals surface area contributed by atoms with Crippen molar-refractivity contribution in [3.05, 3.63) is 28.2 Å². The van der Waals surface area contributed by atoms with Gasteiger partial charge in [-0.25, -0.2) is 0 Å². The average molecular weight is 283 g/mol. The van der Waals surface area contributed by atoms with Crippen molar-refractivity contribution in [2.75, 3.05) is 12.3 Å². The van der Waals surface area contributed by atoms with Gasteiger partial charge in [0.1, 0.15) is 0 Å². The Hall–Kier alpha value is -1.03. The third kappa shape index (κ3) is 2.38. The number of hydrogen-bond acceptors (Lipinski definition) is 2. The molecule has 1 saturated carbocycles. The summed E-state index contributed by atoms with van der Waals surface area (Å²) < 4.78 is 0.682. The normalized spacial score (nSPS) is 15.6. The van der Waals surface area contributed by atoms with E-state index in [0.29, 0.717) is 21.6 Å². The van der Waals surface area contributed by atoms with Gasteiger partial charge in [0, 0.05) is 12.2 Å². The first-order valence-corrected chi connectivity index (χ1v) is 6.30. The largest absolute Gasteiger partial charge is 0.398 e. The van der Waals surface area contributed by atoms with Crippen LogP contribution in [0.15, 0.2) is 22.7 Å². The fourth-order valence-corrected chi connectivity index (χ4v) is 2.20. The van der Waals surface area contributed by atoms with Crippen molar-refractivity contribution in [2.45, 2.75) is 19.3 Å². The minimum atomic E-state index is -0.0499. The quantitative estimate of drug-likeness (QED) is 0.838. The van der Waals surface area contributed by atoms with Gasteiger partial charge in [-0.3, -0.25) is 4.79 Å². The maximum atomic E-state index is 11.9. The van der Waals surface area contributed by atoms with Crippen LogP contribution in [0.4, 0.5) is 5.69 Å². The number of benzene rings is 1. The molecule has 1 aliphatic carbocycles. The summed E-state index contributed by atoms with van der Waals surface area (Å²) in [5, 5.41) is 2.94. The van der Waals surface area contributed by atoms with E-state index in [1.54, 1.807) is 18.2 Å². The van der Waals surface area contributed by atoms with E-state index in [-0.39, 0.29) is 5.91 Å². The Morgan fingerprint density at radius 1 is 1.50 bits per heavy atom. The first kappa shape index (κ1) is 11.5. The van der Waals surface area contributed by atoms with Gasteiger partial charge in [0.05, 0.1) is 10.0 Å². The van der Waals surface area contributed by atoms with Crippen LogP contribution in [0.5, 0.6) is 0 Å². The van der Waals surface area contributed by atoms with Gasteiger partial charge >= 0.3 is 0 Å². The topological polar surface area (TPSA) is 55.1 Å². The first-order chi connectivity index (χ1) is 7.68. The molecule has 0 bridgehead atoms. The van der Waals surface area contributed by atoms with Gasteiger partial charge < -0.3 is 11.1 Å². The number of halogens is 1. The Kier molecular flexibility index (Phi) is 3.49. The van der Waals surface area contributed by atoms with E-state index >= 15 is 0 Å². The summed E-state index contributed by atoms with van der Waals surface area (Å²) in [5.41, 5.74) is 6.93. The molecule has 86 valence electrons. The molecule has 1 amide bonds. The lowest BCUT2D eigenvalue weighted by Gasteiger charge is -2.25. The highest BCUT2D eigenvalue weighted by molar-refractivity contribution is 9.10. The second-order valence-electron chi connectivity index (χ2n) is 4.22. The third-order valence-electron chi connectivity index (χ3n) is 3.05. The number of nitrogens with one attached hydrogen (secondary N) is 1. The number of nitrogen functional groups attached to an aromatic ring is 1. The molecule has 1 aliphatic rings. The van der Waals surface area contributed by atoms with Crippen LogP contribution < -0.4 is 11.1 Å². The molecule has 0 atom stereocenters. The summed E-state index contributed by atoms with van der Waals surface area (Å²) in [5.74, 6) is 0.620. The molecule has 1 aromatic carbocycles. The predicted octanol–water partition coefficient (Wildman–Crippen LogP) is 2.56. The van der Waals surface area contributed by atoms with Gasteiger partial charge in [-0.05, 0) is 46.8 Å². The number of carbonyl (C=O) groups excluding carboxylic acids is 1. The minimum Gasteiger partial charge on any atom is -0.398 e. The summed E-state index contributed by atoms with van der Waals surface area (Å²) in [6.07, 6.45) is 3.76. The van der Waals surface area contributed by atoms with Gasteiger partial charge in [-0.1, -0.05) is 12.5 Å². The molecule has 0 saturated heterocycles. The number of amides is 1. The summed E-state index contributed by atoms with van der Waals surface area (Å²) in [4.78, 5) is 11.9. The second kappa shape index (κ2) is 4.87. The predicted molar refractivity (Wildman–Crippen MR) is 68.2 cm³/mol. The van der Waals surface area contributed by atoms with Crippen molar-refractivity contribution in [1.29, 1.82) is 0 Å². The van der Waals surface area contributed by atoms with E-state index in [1.165, 1.54) is 19.3 Å². The Morgan fingerprint density at radius 2 is 2.25 bits per heavy atom. The molecule has 0 aromatic heterocycles. The molecule has 1 fully saturated rings. The van der Waals surface area contributed by atoms with Crippen molar-refractivity contribution in [3.8, 4) is 0 Å². The van der Waals surface area contributed by atoms with Crippen LogP contribution in [0.2, 0.25) is 0 Å². The maximum Gasteiger partial charge on any atom is 0.252 e. The number of anilines is 1. The smallest absolute Gasteiger partial charge is 0.252 e. The van der Waals surface area contributed by atoms with Crippen LogP contribution in [0, 0.1) is 5.92 Å². The molecule has 3 nitrogen and oxygen atoms in total. The Bertz CT molecular complexity index is 402. The lowest BCUT2D eigenvalue weighted by atomic mass is 9.85. The summed E-state index contributed by atoms with van der Waals surface area (Å²) >= 11 is 3.33. The summed E-state index contributed by atoms with van der Waals surface area (Å²) in [7, 11) is 0. The molecule has 4 heteroatoms. The monoisotopic (exact) mass is 282 g/mol.